The molecule has 3 N–H and O–H groups in total. The fourth-order valence-corrected chi connectivity index (χ4v) is 4.46. The molecular weight excluding hydrogens is 483 g/mol. The van der Waals surface area contributed by atoms with Crippen LogP contribution in [0.15, 0.2) is 42.6 Å². The highest BCUT2D eigenvalue weighted by atomic mass is 19.4. The predicted octanol–water partition coefficient (Wildman–Crippen LogP) is 4.26. The number of amides is 1. The lowest BCUT2D eigenvalue weighted by atomic mass is 10.0. The summed E-state index contributed by atoms with van der Waals surface area (Å²) in [4.78, 5) is 14.7. The van der Waals surface area contributed by atoms with Crippen LogP contribution in [0.4, 0.5) is 18.9 Å². The molecule has 3 heterocycles. The number of nitrogens with two attached hydrogens (primary N) is 1. The highest BCUT2D eigenvalue weighted by molar-refractivity contribution is 6.05. The van der Waals surface area contributed by atoms with E-state index in [4.69, 9.17) is 5.73 Å². The second-order valence-electron chi connectivity index (χ2n) is 9.41. The Morgan fingerprint density at radius 2 is 1.86 bits per heavy atom. The Balaban J connectivity index is 1.36. The number of halogens is 3. The first-order valence-electron chi connectivity index (χ1n) is 11.9. The van der Waals surface area contributed by atoms with Crippen LogP contribution < -0.4 is 11.1 Å². The van der Waals surface area contributed by atoms with Gasteiger partial charge in [-0.1, -0.05) is 12.1 Å². The van der Waals surface area contributed by atoms with E-state index in [1.807, 2.05) is 47.2 Å². The predicted molar refractivity (Wildman–Crippen MR) is 135 cm³/mol. The van der Waals surface area contributed by atoms with E-state index < -0.39 is 17.6 Å². The molecule has 0 spiro atoms. The molecule has 2 aromatic carbocycles. The second kappa shape index (κ2) is 8.93. The van der Waals surface area contributed by atoms with Gasteiger partial charge >= 0.3 is 6.18 Å². The molecule has 8 nitrogen and oxygen atoms in total. The van der Waals surface area contributed by atoms with Gasteiger partial charge in [0.15, 0.2) is 5.82 Å². The summed E-state index contributed by atoms with van der Waals surface area (Å²) < 4.78 is 47.2. The van der Waals surface area contributed by atoms with E-state index in [0.29, 0.717) is 18.7 Å². The van der Waals surface area contributed by atoms with Gasteiger partial charge in [0.2, 0.25) is 0 Å². The third-order valence-corrected chi connectivity index (χ3v) is 6.75. The third kappa shape index (κ3) is 4.56. The van der Waals surface area contributed by atoms with Gasteiger partial charge in [0.1, 0.15) is 5.69 Å². The Bertz CT molecular complexity index is 1490. The SMILES string of the molecule is Cc1ccc(C(=O)Nc2ccc(CN(C)CCN)c(C(F)(F)F)c2)cc1-n1c2c(-c3cnn(C)c3C)n1-2. The first-order chi connectivity index (χ1) is 17.5. The number of alkyl halides is 3. The van der Waals surface area contributed by atoms with Crippen LogP contribution in [-0.4, -0.2) is 50.1 Å². The summed E-state index contributed by atoms with van der Waals surface area (Å²) in [5.41, 5.74) is 10.4. The average molecular weight is 512 g/mol. The molecule has 0 aliphatic carbocycles. The number of aryl methyl sites for hydroxylation is 2. The zero-order valence-electron chi connectivity index (χ0n) is 21.0. The molecule has 1 amide bonds. The van der Waals surface area contributed by atoms with Crippen LogP contribution in [0.2, 0.25) is 0 Å². The quantitative estimate of drug-likeness (QED) is 0.326. The van der Waals surface area contributed by atoms with Crippen LogP contribution in [0.1, 0.15) is 32.7 Å². The van der Waals surface area contributed by atoms with Crippen molar-refractivity contribution in [3.8, 4) is 22.8 Å². The van der Waals surface area contributed by atoms with Crippen molar-refractivity contribution in [3.63, 3.8) is 0 Å². The van der Waals surface area contributed by atoms with Gasteiger partial charge in [0.25, 0.3) is 5.91 Å². The molecule has 194 valence electrons. The highest BCUT2D eigenvalue weighted by Crippen LogP contribution is 2.50. The zero-order valence-corrected chi connectivity index (χ0v) is 21.0. The van der Waals surface area contributed by atoms with Gasteiger partial charge in [-0.15, -0.1) is 0 Å². The summed E-state index contributed by atoms with van der Waals surface area (Å²) in [6.45, 7) is 4.87. The van der Waals surface area contributed by atoms with Crippen molar-refractivity contribution in [2.24, 2.45) is 12.8 Å². The molecule has 2 aliphatic heterocycles. The fraction of sp³-hybridized carbons (Fsp3) is 0.308. The summed E-state index contributed by atoms with van der Waals surface area (Å²) in [5, 5.41) is 6.90. The van der Waals surface area contributed by atoms with Crippen molar-refractivity contribution in [2.75, 3.05) is 25.5 Å². The van der Waals surface area contributed by atoms with E-state index >= 15 is 0 Å². The number of aromatic nitrogens is 4. The van der Waals surface area contributed by atoms with Gasteiger partial charge in [-0.25, -0.2) is 9.36 Å². The van der Waals surface area contributed by atoms with Gasteiger partial charge < -0.3 is 16.0 Å². The third-order valence-electron chi connectivity index (χ3n) is 6.75. The summed E-state index contributed by atoms with van der Waals surface area (Å²) in [5.74, 6) is 0.576. The van der Waals surface area contributed by atoms with Gasteiger partial charge in [-0.2, -0.15) is 18.3 Å². The summed E-state index contributed by atoms with van der Waals surface area (Å²) >= 11 is 0. The van der Waals surface area contributed by atoms with Crippen LogP contribution in [-0.2, 0) is 19.8 Å². The normalized spacial score (nSPS) is 12.5. The molecule has 11 heteroatoms. The summed E-state index contributed by atoms with van der Waals surface area (Å²) in [6, 6.07) is 9.12. The lowest BCUT2D eigenvalue weighted by Crippen LogP contribution is -2.26. The first kappa shape index (κ1) is 24.8. The fourth-order valence-electron chi connectivity index (χ4n) is 4.46. The summed E-state index contributed by atoms with van der Waals surface area (Å²) in [6.07, 6.45) is -2.72. The number of fused-ring (bicyclic) bond motifs is 1. The monoisotopic (exact) mass is 511 g/mol. The molecule has 0 fully saturated rings. The number of hydrogen-bond donors (Lipinski definition) is 2. The number of anilines is 1. The number of hydrogen-bond acceptors (Lipinski definition) is 4. The minimum absolute atomic E-state index is 0.0834. The molecule has 2 aliphatic rings. The van der Waals surface area contributed by atoms with E-state index in [9.17, 15) is 18.0 Å². The van der Waals surface area contributed by atoms with E-state index in [-0.39, 0.29) is 17.8 Å². The van der Waals surface area contributed by atoms with E-state index in [0.717, 1.165) is 40.1 Å². The van der Waals surface area contributed by atoms with Crippen LogP contribution >= 0.6 is 0 Å². The van der Waals surface area contributed by atoms with Crippen LogP contribution in [0.25, 0.3) is 22.8 Å². The molecular formula is C26H28F3N7O. The van der Waals surface area contributed by atoms with Crippen LogP contribution in [0.5, 0.6) is 0 Å². The van der Waals surface area contributed by atoms with Crippen molar-refractivity contribution in [1.82, 2.24) is 24.0 Å². The lowest BCUT2D eigenvalue weighted by Gasteiger charge is -2.20. The van der Waals surface area contributed by atoms with E-state index in [1.165, 1.54) is 12.1 Å². The Kier molecular flexibility index (Phi) is 5.99. The molecule has 0 bridgehead atoms. The van der Waals surface area contributed by atoms with Gasteiger partial charge in [0.05, 0.1) is 17.4 Å². The van der Waals surface area contributed by atoms with E-state index in [1.54, 1.807) is 24.1 Å². The lowest BCUT2D eigenvalue weighted by molar-refractivity contribution is -0.138. The van der Waals surface area contributed by atoms with Crippen molar-refractivity contribution < 1.29 is 18.0 Å². The maximum atomic E-state index is 13.8. The molecule has 37 heavy (non-hydrogen) atoms. The number of likely N-dealkylation sites (N-methyl/N-ethyl adjacent to an activating group) is 1. The van der Waals surface area contributed by atoms with Crippen LogP contribution in [0.3, 0.4) is 0 Å². The Hall–Kier alpha value is -3.83. The van der Waals surface area contributed by atoms with Gasteiger partial charge in [-0.05, 0) is 56.3 Å². The maximum Gasteiger partial charge on any atom is 0.416 e. The topological polar surface area (TPSA) is 86.0 Å². The zero-order chi connectivity index (χ0) is 26.6. The minimum Gasteiger partial charge on any atom is -0.329 e. The molecule has 0 atom stereocenters. The number of nitrogens with zero attached hydrogens (tertiary/aromatic N) is 5. The van der Waals surface area contributed by atoms with Crippen LogP contribution in [0, 0.1) is 13.8 Å². The average Bonchev–Trinajstić information content (AvgIpc) is 3.71. The van der Waals surface area contributed by atoms with Crippen molar-refractivity contribution in [3.05, 3.63) is 70.5 Å². The molecule has 0 radical (unpaired) electrons. The first-order valence-corrected chi connectivity index (χ1v) is 11.9. The van der Waals surface area contributed by atoms with Gasteiger partial charge in [-0.3, -0.25) is 9.48 Å². The van der Waals surface area contributed by atoms with Gasteiger partial charge in [0, 0.05) is 49.2 Å². The highest BCUT2D eigenvalue weighted by Gasteiger charge is 2.44. The van der Waals surface area contributed by atoms with Crippen molar-refractivity contribution in [1.29, 1.82) is 0 Å². The smallest absolute Gasteiger partial charge is 0.329 e. The maximum absolute atomic E-state index is 13.8. The number of benzene rings is 2. The van der Waals surface area contributed by atoms with E-state index in [2.05, 4.69) is 10.4 Å². The summed E-state index contributed by atoms with van der Waals surface area (Å²) in [7, 11) is 3.61. The molecule has 0 saturated carbocycles. The second-order valence-corrected chi connectivity index (χ2v) is 9.41. The minimum atomic E-state index is -4.55. The molecule has 0 unspecified atom stereocenters. The van der Waals surface area contributed by atoms with Crippen molar-refractivity contribution in [2.45, 2.75) is 26.6 Å². The Morgan fingerprint density at radius 3 is 2.49 bits per heavy atom. The largest absolute Gasteiger partial charge is 0.416 e. The number of carbonyl (C=O) groups excluding carboxylic acids is 1. The molecule has 0 saturated heterocycles. The molecule has 5 rings (SSSR count). The molecule has 3 aromatic rings. The number of rotatable bonds is 8. The van der Waals surface area contributed by atoms with Crippen molar-refractivity contribution >= 4 is 11.6 Å². The number of carbonyl (C=O) groups is 1. The Morgan fingerprint density at radius 1 is 1.14 bits per heavy atom. The molecule has 1 aromatic heterocycles. The number of nitrogens with one attached hydrogen (secondary N) is 1. The Labute approximate surface area is 212 Å². The standard InChI is InChI=1S/C26H28F3N7O/c1-15-5-6-17(11-22(15)35-25-23(36(25)35)20-13-31-34(4)16(20)2)24(37)32-19-8-7-18(14-33(3)10-9-30)21(12-19)26(27,28)29/h5-8,11-13H,9-10,14,30H2,1-4H3,(H,32,37).